The first-order chi connectivity index (χ1) is 20.0. The van der Waals surface area contributed by atoms with Gasteiger partial charge in [-0.05, 0) is 67.8 Å². The molecule has 0 fully saturated rings. The van der Waals surface area contributed by atoms with Crippen LogP contribution >= 0.6 is 11.6 Å². The highest BCUT2D eigenvalue weighted by Crippen LogP contribution is 2.32. The molecule has 1 N–H and O–H groups in total. The van der Waals surface area contributed by atoms with E-state index in [0.29, 0.717) is 17.9 Å². The number of hydrogen-bond donors (Lipinski definition) is 1. The third kappa shape index (κ3) is 8.23. The Morgan fingerprint density at radius 1 is 1.02 bits per heavy atom. The first kappa shape index (κ1) is 32.9. The number of nitrogens with zero attached hydrogens (tertiary/aromatic N) is 2. The second-order valence-electron chi connectivity index (χ2n) is 9.86. The highest BCUT2D eigenvalue weighted by atomic mass is 35.5. The molecule has 1 atom stereocenters. The molecule has 0 aliphatic heterocycles. The number of anilines is 1. The van der Waals surface area contributed by atoms with Crippen molar-refractivity contribution in [2.24, 2.45) is 0 Å². The molecule has 0 bridgehead atoms. The van der Waals surface area contributed by atoms with E-state index in [1.807, 2.05) is 13.8 Å². The number of hydrogen-bond acceptors (Lipinski definition) is 5. The van der Waals surface area contributed by atoms with Crippen molar-refractivity contribution < 1.29 is 27.1 Å². The smallest absolute Gasteiger partial charge is 0.264 e. The Labute approximate surface area is 252 Å². The van der Waals surface area contributed by atoms with Crippen molar-refractivity contribution in [1.82, 2.24) is 10.2 Å². The lowest BCUT2D eigenvalue weighted by atomic mass is 10.1. The van der Waals surface area contributed by atoms with Crippen molar-refractivity contribution in [3.05, 3.63) is 88.7 Å². The molecular weight excluding hydrogens is 581 g/mol. The maximum Gasteiger partial charge on any atom is 0.264 e. The maximum atomic E-state index is 14.1. The number of sulfonamides is 1. The van der Waals surface area contributed by atoms with Crippen LogP contribution in [-0.4, -0.2) is 51.4 Å². The van der Waals surface area contributed by atoms with Crippen LogP contribution in [0.5, 0.6) is 5.75 Å². The van der Waals surface area contributed by atoms with Gasteiger partial charge in [-0.2, -0.15) is 0 Å². The molecule has 0 saturated heterocycles. The minimum Gasteiger partial charge on any atom is -0.495 e. The average molecular weight is 618 g/mol. The molecule has 8 nitrogen and oxygen atoms in total. The summed E-state index contributed by atoms with van der Waals surface area (Å²) in [5.41, 5.74) is 1.61. The zero-order chi connectivity index (χ0) is 30.9. The van der Waals surface area contributed by atoms with Crippen LogP contribution in [0.15, 0.2) is 71.6 Å². The summed E-state index contributed by atoms with van der Waals surface area (Å²) in [6.45, 7) is 5.42. The van der Waals surface area contributed by atoms with Gasteiger partial charge in [-0.25, -0.2) is 12.8 Å². The van der Waals surface area contributed by atoms with Gasteiger partial charge in [0.15, 0.2) is 0 Å². The number of rotatable bonds is 14. The molecule has 1 unspecified atom stereocenters. The Kier molecular flexibility index (Phi) is 11.8. The Balaban J connectivity index is 2.06. The summed E-state index contributed by atoms with van der Waals surface area (Å²) in [7, 11) is -2.81. The third-order valence-electron chi connectivity index (χ3n) is 6.79. The number of methoxy groups -OCH3 is 1. The van der Waals surface area contributed by atoms with E-state index < -0.39 is 34.3 Å². The molecule has 0 spiro atoms. The molecule has 0 aliphatic carbocycles. The zero-order valence-electron chi connectivity index (χ0n) is 24.3. The van der Waals surface area contributed by atoms with Crippen LogP contribution in [0.1, 0.15) is 44.2 Å². The van der Waals surface area contributed by atoms with E-state index in [0.717, 1.165) is 22.7 Å². The fourth-order valence-electron chi connectivity index (χ4n) is 4.39. The summed E-state index contributed by atoms with van der Waals surface area (Å²) < 4.78 is 47.8. The van der Waals surface area contributed by atoms with Crippen LogP contribution in [-0.2, 0) is 26.2 Å². The summed E-state index contributed by atoms with van der Waals surface area (Å²) in [4.78, 5) is 28.6. The van der Waals surface area contributed by atoms with E-state index in [-0.39, 0.29) is 34.5 Å². The van der Waals surface area contributed by atoms with Crippen molar-refractivity contribution in [1.29, 1.82) is 0 Å². The van der Waals surface area contributed by atoms with Crippen LogP contribution in [0, 0.1) is 12.7 Å². The standard InChI is InChI=1S/C31H37ClFN3O5S/c1-5-7-18-34-31(38)28(6-2)35(20-23-10-12-24(33)13-11-23)30(37)21-36(25-14-17-29(41-4)27(32)19-25)42(39,40)26-15-8-22(3)9-16-26/h8-17,19,28H,5-7,18,20-21H2,1-4H3,(H,34,38). The SMILES string of the molecule is CCCCNC(=O)C(CC)N(Cc1ccc(F)cc1)C(=O)CN(c1ccc(OC)c(Cl)c1)S(=O)(=O)c1ccc(C)cc1. The van der Waals surface area contributed by atoms with Gasteiger partial charge >= 0.3 is 0 Å². The van der Waals surface area contributed by atoms with E-state index in [4.69, 9.17) is 16.3 Å². The predicted molar refractivity (Wildman–Crippen MR) is 163 cm³/mol. The fourth-order valence-corrected chi connectivity index (χ4v) is 6.05. The maximum absolute atomic E-state index is 14.1. The number of carbonyl (C=O) groups excluding carboxylic acids is 2. The summed E-state index contributed by atoms with van der Waals surface area (Å²) in [5.74, 6) is -1.05. The number of nitrogens with one attached hydrogen (secondary N) is 1. The number of benzene rings is 3. The molecule has 0 saturated carbocycles. The quantitative estimate of drug-likeness (QED) is 0.234. The number of halogens is 2. The van der Waals surface area contributed by atoms with Crippen molar-refractivity contribution >= 4 is 39.1 Å². The lowest BCUT2D eigenvalue weighted by Crippen LogP contribution is -2.52. The topological polar surface area (TPSA) is 96.0 Å². The van der Waals surface area contributed by atoms with Gasteiger partial charge in [-0.1, -0.05) is 61.7 Å². The second kappa shape index (κ2) is 15.0. The number of aryl methyl sites for hydroxylation is 1. The van der Waals surface area contributed by atoms with Crippen LogP contribution in [0.25, 0.3) is 0 Å². The molecule has 3 rings (SSSR count). The molecular formula is C31H37ClFN3O5S. The Hall–Kier alpha value is -3.63. The molecule has 42 heavy (non-hydrogen) atoms. The Bertz CT molecular complexity index is 1470. The fraction of sp³-hybridized carbons (Fsp3) is 0.355. The third-order valence-corrected chi connectivity index (χ3v) is 8.88. The molecule has 11 heteroatoms. The van der Waals surface area contributed by atoms with Crippen LogP contribution in [0.2, 0.25) is 5.02 Å². The molecule has 3 aromatic rings. The van der Waals surface area contributed by atoms with E-state index >= 15 is 0 Å². The van der Waals surface area contributed by atoms with E-state index in [9.17, 15) is 22.4 Å². The van der Waals surface area contributed by atoms with Gasteiger partial charge in [0.25, 0.3) is 10.0 Å². The average Bonchev–Trinajstić information content (AvgIpc) is 2.97. The summed E-state index contributed by atoms with van der Waals surface area (Å²) in [5, 5.41) is 3.04. The van der Waals surface area contributed by atoms with Crippen molar-refractivity contribution in [2.45, 2.75) is 57.5 Å². The number of amides is 2. The summed E-state index contributed by atoms with van der Waals surface area (Å²) in [6.07, 6.45) is 1.93. The minimum absolute atomic E-state index is 0.0118. The lowest BCUT2D eigenvalue weighted by molar-refractivity contribution is -0.140. The van der Waals surface area contributed by atoms with Gasteiger partial charge in [0, 0.05) is 13.1 Å². The molecule has 3 aromatic carbocycles. The van der Waals surface area contributed by atoms with E-state index in [2.05, 4.69) is 5.32 Å². The molecule has 0 aliphatic rings. The summed E-state index contributed by atoms with van der Waals surface area (Å²) in [6, 6.07) is 15.4. The lowest BCUT2D eigenvalue weighted by Gasteiger charge is -2.33. The van der Waals surface area contributed by atoms with Crippen LogP contribution < -0.4 is 14.4 Å². The summed E-state index contributed by atoms with van der Waals surface area (Å²) >= 11 is 6.36. The van der Waals surface area contributed by atoms with Crippen molar-refractivity contribution in [3.8, 4) is 5.75 Å². The van der Waals surface area contributed by atoms with Crippen LogP contribution in [0.3, 0.4) is 0 Å². The number of carbonyl (C=O) groups is 2. The van der Waals surface area contributed by atoms with Crippen molar-refractivity contribution in [3.63, 3.8) is 0 Å². The van der Waals surface area contributed by atoms with Gasteiger partial charge in [-0.3, -0.25) is 13.9 Å². The normalized spacial score (nSPS) is 12.0. The van der Waals surface area contributed by atoms with E-state index in [1.165, 1.54) is 66.6 Å². The largest absolute Gasteiger partial charge is 0.495 e. The van der Waals surface area contributed by atoms with Gasteiger partial charge in [0.05, 0.1) is 22.7 Å². The van der Waals surface area contributed by atoms with Gasteiger partial charge in [0.1, 0.15) is 24.2 Å². The van der Waals surface area contributed by atoms with E-state index in [1.54, 1.807) is 19.1 Å². The first-order valence-electron chi connectivity index (χ1n) is 13.8. The molecule has 0 radical (unpaired) electrons. The monoisotopic (exact) mass is 617 g/mol. The Morgan fingerprint density at radius 3 is 2.26 bits per heavy atom. The highest BCUT2D eigenvalue weighted by molar-refractivity contribution is 7.92. The second-order valence-corrected chi connectivity index (χ2v) is 12.1. The van der Waals surface area contributed by atoms with Crippen molar-refractivity contribution in [2.75, 3.05) is 24.5 Å². The highest BCUT2D eigenvalue weighted by Gasteiger charge is 2.34. The molecule has 0 heterocycles. The van der Waals surface area contributed by atoms with Gasteiger partial charge in [-0.15, -0.1) is 0 Å². The number of ether oxygens (including phenoxy) is 1. The molecule has 2 amide bonds. The number of unbranched alkanes of at least 4 members (excludes halogenated alkanes) is 1. The zero-order valence-corrected chi connectivity index (χ0v) is 25.8. The minimum atomic E-state index is -4.25. The van der Waals surface area contributed by atoms with Gasteiger partial charge in [0.2, 0.25) is 11.8 Å². The molecule has 0 aromatic heterocycles. The molecule has 226 valence electrons. The van der Waals surface area contributed by atoms with Crippen LogP contribution in [0.4, 0.5) is 10.1 Å². The Morgan fingerprint density at radius 2 is 1.69 bits per heavy atom. The van der Waals surface area contributed by atoms with Gasteiger partial charge < -0.3 is 15.0 Å². The first-order valence-corrected chi connectivity index (χ1v) is 15.6. The predicted octanol–water partition coefficient (Wildman–Crippen LogP) is 5.72.